The van der Waals surface area contributed by atoms with Crippen LogP contribution < -0.4 is 9.91 Å². The Bertz CT molecular complexity index is 1210. The Labute approximate surface area is 173 Å². The molecule has 2 aliphatic heterocycles. The number of amides is 2. The van der Waals surface area contributed by atoms with Crippen molar-refractivity contribution in [3.63, 3.8) is 0 Å². The summed E-state index contributed by atoms with van der Waals surface area (Å²) in [7, 11) is 0. The third-order valence-electron chi connectivity index (χ3n) is 5.05. The number of Topliss-reactive ketones (excluding diaryl/α,β-unsaturated/α-hetero) is 1. The van der Waals surface area contributed by atoms with Gasteiger partial charge in [-0.1, -0.05) is 24.3 Å². The van der Waals surface area contributed by atoms with Crippen LogP contribution in [-0.2, 0) is 14.4 Å². The summed E-state index contributed by atoms with van der Waals surface area (Å²) in [4.78, 5) is 60.7. The molecule has 0 aromatic heterocycles. The van der Waals surface area contributed by atoms with Gasteiger partial charge in [0.2, 0.25) is 5.91 Å². The molecular formula is C19H13N5O7. The molecular weight excluding hydrogens is 410 g/mol. The van der Waals surface area contributed by atoms with Crippen molar-refractivity contribution in [2.75, 3.05) is 9.91 Å². The van der Waals surface area contributed by atoms with Gasteiger partial charge < -0.3 is 0 Å². The van der Waals surface area contributed by atoms with E-state index in [9.17, 15) is 34.6 Å². The topological polar surface area (TPSA) is 156 Å². The van der Waals surface area contributed by atoms with Crippen LogP contribution in [0.2, 0.25) is 0 Å². The fourth-order valence-electron chi connectivity index (χ4n) is 3.76. The second-order valence-corrected chi connectivity index (χ2v) is 6.81. The summed E-state index contributed by atoms with van der Waals surface area (Å²) in [5.41, 5.74) is -1.42. The second-order valence-electron chi connectivity index (χ2n) is 6.81. The van der Waals surface area contributed by atoms with Gasteiger partial charge in [0.1, 0.15) is 29.0 Å². The second kappa shape index (κ2) is 7.09. The molecule has 0 N–H and O–H groups in total. The number of nitrogens with zero attached hydrogens (tertiary/aromatic N) is 5. The van der Waals surface area contributed by atoms with E-state index in [2.05, 4.69) is 5.10 Å². The van der Waals surface area contributed by atoms with E-state index in [4.69, 9.17) is 0 Å². The van der Waals surface area contributed by atoms with Gasteiger partial charge in [0, 0.05) is 19.1 Å². The highest BCUT2D eigenvalue weighted by Crippen LogP contribution is 2.42. The third kappa shape index (κ3) is 2.92. The molecule has 1 saturated heterocycles. The first-order valence-electron chi connectivity index (χ1n) is 8.97. The Morgan fingerprint density at radius 1 is 0.903 bits per heavy atom. The predicted molar refractivity (Wildman–Crippen MR) is 107 cm³/mol. The maximum Gasteiger partial charge on any atom is 0.294 e. The number of anilines is 2. The molecule has 2 aromatic rings. The summed E-state index contributed by atoms with van der Waals surface area (Å²) in [5, 5.41) is 27.9. The van der Waals surface area contributed by atoms with Gasteiger partial charge in [-0.25, -0.2) is 9.91 Å². The molecule has 31 heavy (non-hydrogen) atoms. The Hall–Kier alpha value is -4.48. The summed E-state index contributed by atoms with van der Waals surface area (Å²) in [5.74, 6) is -3.67. The number of nitro groups is 2. The molecule has 2 heterocycles. The zero-order valence-corrected chi connectivity index (χ0v) is 15.9. The van der Waals surface area contributed by atoms with Crippen molar-refractivity contribution >= 4 is 46.1 Å². The average Bonchev–Trinajstić information content (AvgIpc) is 3.25. The van der Waals surface area contributed by atoms with Gasteiger partial charge in [-0.15, -0.1) is 0 Å². The van der Waals surface area contributed by atoms with Gasteiger partial charge in [0.25, 0.3) is 17.3 Å². The molecule has 0 radical (unpaired) electrons. The fourth-order valence-corrected chi connectivity index (χ4v) is 3.76. The maximum absolute atomic E-state index is 13.3. The van der Waals surface area contributed by atoms with Crippen LogP contribution in [0.15, 0.2) is 53.6 Å². The lowest BCUT2D eigenvalue weighted by atomic mass is 9.95. The molecule has 0 spiro atoms. The van der Waals surface area contributed by atoms with Crippen molar-refractivity contribution < 1.29 is 24.2 Å². The van der Waals surface area contributed by atoms with E-state index in [1.807, 2.05) is 0 Å². The number of ketones is 1. The highest BCUT2D eigenvalue weighted by Gasteiger charge is 2.59. The standard InChI is InChI=1S/C19H13N5O7/c1-10(25)16-15-17(22(20-16)12-7-3-5-9-14(12)24(30)31)19(27)21(18(15)26)11-6-2-4-8-13(11)23(28)29/h2-9,15,17H,1H3/t15-,17+/m1/s1. The van der Waals surface area contributed by atoms with Crippen LogP contribution in [0, 0.1) is 26.1 Å². The molecule has 2 aliphatic rings. The average molecular weight is 423 g/mol. The molecule has 156 valence electrons. The quantitative estimate of drug-likeness (QED) is 0.400. The van der Waals surface area contributed by atoms with Gasteiger partial charge in [0.15, 0.2) is 5.78 Å². The lowest BCUT2D eigenvalue weighted by Crippen LogP contribution is -2.39. The van der Waals surface area contributed by atoms with Crippen LogP contribution in [0.5, 0.6) is 0 Å². The molecule has 0 bridgehead atoms. The van der Waals surface area contributed by atoms with Crippen LogP contribution in [0.25, 0.3) is 0 Å². The van der Waals surface area contributed by atoms with E-state index in [0.29, 0.717) is 4.90 Å². The van der Waals surface area contributed by atoms with Crippen molar-refractivity contribution in [3.05, 3.63) is 68.8 Å². The first-order valence-corrected chi connectivity index (χ1v) is 8.97. The zero-order valence-electron chi connectivity index (χ0n) is 15.9. The van der Waals surface area contributed by atoms with Crippen molar-refractivity contribution in [1.82, 2.24) is 0 Å². The molecule has 0 unspecified atom stereocenters. The molecule has 0 saturated carbocycles. The molecule has 0 aliphatic carbocycles. The highest BCUT2D eigenvalue weighted by molar-refractivity contribution is 6.49. The summed E-state index contributed by atoms with van der Waals surface area (Å²) in [6.07, 6.45) is 0. The number of carbonyl (C=O) groups is 3. The first kappa shape index (κ1) is 19.8. The largest absolute Gasteiger partial charge is 0.294 e. The van der Waals surface area contributed by atoms with Crippen molar-refractivity contribution in [3.8, 4) is 0 Å². The molecule has 12 heteroatoms. The van der Waals surface area contributed by atoms with Crippen LogP contribution in [0.3, 0.4) is 0 Å². The number of carbonyl (C=O) groups excluding carboxylic acids is 3. The van der Waals surface area contributed by atoms with Gasteiger partial charge in [-0.05, 0) is 12.1 Å². The molecule has 1 fully saturated rings. The van der Waals surface area contributed by atoms with Crippen molar-refractivity contribution in [2.45, 2.75) is 13.0 Å². The SMILES string of the molecule is CC(=O)C1=NN(c2ccccc2[N+](=O)[O-])[C@@H]2C(=O)N(c3ccccc3[N+](=O)[O-])C(=O)[C@H]12. The highest BCUT2D eigenvalue weighted by atomic mass is 16.6. The van der Waals surface area contributed by atoms with Crippen molar-refractivity contribution in [1.29, 1.82) is 0 Å². The predicted octanol–water partition coefficient (Wildman–Crippen LogP) is 1.83. The maximum atomic E-state index is 13.3. The monoisotopic (exact) mass is 423 g/mol. The van der Waals surface area contributed by atoms with Crippen LogP contribution >= 0.6 is 0 Å². The van der Waals surface area contributed by atoms with Crippen LogP contribution in [-0.4, -0.2) is 39.2 Å². The number of para-hydroxylation sites is 4. The number of nitro benzene ring substituents is 2. The third-order valence-corrected chi connectivity index (χ3v) is 5.05. The van der Waals surface area contributed by atoms with E-state index >= 15 is 0 Å². The van der Waals surface area contributed by atoms with Gasteiger partial charge >= 0.3 is 0 Å². The summed E-state index contributed by atoms with van der Waals surface area (Å²) < 4.78 is 0. The Balaban J connectivity index is 1.88. The minimum atomic E-state index is -1.38. The number of benzene rings is 2. The minimum absolute atomic E-state index is 0.0793. The van der Waals surface area contributed by atoms with E-state index in [1.54, 1.807) is 0 Å². The van der Waals surface area contributed by atoms with Crippen molar-refractivity contribution in [2.24, 2.45) is 11.0 Å². The van der Waals surface area contributed by atoms with E-state index in [1.165, 1.54) is 42.5 Å². The van der Waals surface area contributed by atoms with Crippen LogP contribution in [0.4, 0.5) is 22.7 Å². The molecule has 2 amide bonds. The number of hydrazone groups is 1. The van der Waals surface area contributed by atoms with E-state index in [-0.39, 0.29) is 22.8 Å². The van der Waals surface area contributed by atoms with Gasteiger partial charge in [0.05, 0.1) is 9.85 Å². The minimum Gasteiger partial charge on any atom is -0.293 e. The molecule has 2 aromatic carbocycles. The fraction of sp³-hybridized carbons (Fsp3) is 0.158. The van der Waals surface area contributed by atoms with Gasteiger partial charge in [-0.2, -0.15) is 5.10 Å². The summed E-state index contributed by atoms with van der Waals surface area (Å²) in [6, 6.07) is 9.27. The number of hydrogen-bond donors (Lipinski definition) is 0. The number of hydrogen-bond acceptors (Lipinski definition) is 9. The Morgan fingerprint density at radius 2 is 1.42 bits per heavy atom. The molecule has 2 atom stereocenters. The van der Waals surface area contributed by atoms with E-state index in [0.717, 1.165) is 18.0 Å². The zero-order chi connectivity index (χ0) is 22.4. The smallest absolute Gasteiger partial charge is 0.293 e. The summed E-state index contributed by atoms with van der Waals surface area (Å²) in [6.45, 7) is 1.16. The molecule has 12 nitrogen and oxygen atoms in total. The first-order chi connectivity index (χ1) is 14.7. The molecule has 4 rings (SSSR count). The summed E-state index contributed by atoms with van der Waals surface area (Å²) >= 11 is 0. The van der Waals surface area contributed by atoms with Gasteiger partial charge in [-0.3, -0.25) is 34.6 Å². The Morgan fingerprint density at radius 3 is 1.97 bits per heavy atom. The lowest BCUT2D eigenvalue weighted by molar-refractivity contribution is -0.384. The van der Waals surface area contributed by atoms with E-state index < -0.39 is 45.1 Å². The lowest BCUT2D eigenvalue weighted by Gasteiger charge is -2.21. The number of fused-ring (bicyclic) bond motifs is 1. The Kier molecular flexibility index (Phi) is 4.53. The number of imide groups is 1. The van der Waals surface area contributed by atoms with Crippen LogP contribution in [0.1, 0.15) is 6.92 Å². The normalized spacial score (nSPS) is 20.0. The number of rotatable bonds is 5.